The van der Waals surface area contributed by atoms with Crippen molar-refractivity contribution in [2.75, 3.05) is 26.6 Å². The van der Waals surface area contributed by atoms with Gasteiger partial charge in [0, 0.05) is 5.56 Å². The van der Waals surface area contributed by atoms with E-state index in [0.29, 0.717) is 40.6 Å². The summed E-state index contributed by atoms with van der Waals surface area (Å²) in [6.07, 6.45) is 0. The Balaban J connectivity index is 2.34. The largest absolute Gasteiger partial charge is 0.493 e. The number of thioether (sulfide) groups is 1. The fourth-order valence-corrected chi connectivity index (χ4v) is 2.51. The van der Waals surface area contributed by atoms with Gasteiger partial charge in [-0.3, -0.25) is 9.89 Å². The van der Waals surface area contributed by atoms with Gasteiger partial charge >= 0.3 is 0 Å². The highest BCUT2D eigenvalue weighted by atomic mass is 32.2. The van der Waals surface area contributed by atoms with Crippen molar-refractivity contribution in [3.05, 3.63) is 12.1 Å². The van der Waals surface area contributed by atoms with Crippen LogP contribution < -0.4 is 14.2 Å². The molecule has 0 aliphatic rings. The molecular formula is C15H19N3O4S. The number of H-pyrrole nitrogens is 1. The molecule has 1 aromatic carbocycles. The first-order valence-corrected chi connectivity index (χ1v) is 8.01. The third-order valence-electron chi connectivity index (χ3n) is 2.89. The smallest absolute Gasteiger partial charge is 0.209 e. The van der Waals surface area contributed by atoms with Crippen molar-refractivity contribution >= 4 is 17.5 Å². The van der Waals surface area contributed by atoms with E-state index in [-0.39, 0.29) is 5.78 Å². The standard InChI is InChI=1S/C15H19N3O4S/c1-5-22-13-11(20-3)6-10(7-12(13)21-4)14-16-15(18-17-14)23-8-9(2)19/h6-7H,5,8H2,1-4H3,(H,16,17,18). The van der Waals surface area contributed by atoms with Gasteiger partial charge in [0.05, 0.1) is 26.6 Å². The van der Waals surface area contributed by atoms with Crippen molar-refractivity contribution in [2.24, 2.45) is 0 Å². The Kier molecular flexibility index (Phi) is 5.86. The first-order valence-electron chi connectivity index (χ1n) is 7.02. The average molecular weight is 337 g/mol. The molecule has 2 aromatic rings. The Bertz CT molecular complexity index is 662. The normalized spacial score (nSPS) is 10.4. The number of ether oxygens (including phenoxy) is 3. The van der Waals surface area contributed by atoms with E-state index >= 15 is 0 Å². The van der Waals surface area contributed by atoms with Crippen LogP contribution in [0.5, 0.6) is 17.2 Å². The van der Waals surface area contributed by atoms with Gasteiger partial charge in [-0.15, -0.1) is 5.10 Å². The summed E-state index contributed by atoms with van der Waals surface area (Å²) in [6.45, 7) is 3.92. The van der Waals surface area contributed by atoms with Crippen LogP contribution in [0.25, 0.3) is 11.4 Å². The van der Waals surface area contributed by atoms with E-state index in [4.69, 9.17) is 14.2 Å². The Morgan fingerprint density at radius 1 is 1.26 bits per heavy atom. The number of aromatic amines is 1. The fourth-order valence-electron chi connectivity index (χ4n) is 1.91. The molecule has 0 unspecified atom stereocenters. The molecule has 23 heavy (non-hydrogen) atoms. The summed E-state index contributed by atoms with van der Waals surface area (Å²) >= 11 is 1.29. The molecule has 0 atom stereocenters. The van der Waals surface area contributed by atoms with Crippen LogP contribution >= 0.6 is 11.8 Å². The number of rotatable bonds is 8. The van der Waals surface area contributed by atoms with E-state index in [1.165, 1.54) is 18.7 Å². The van der Waals surface area contributed by atoms with E-state index < -0.39 is 0 Å². The minimum atomic E-state index is 0.0748. The number of methoxy groups -OCH3 is 2. The summed E-state index contributed by atoms with van der Waals surface area (Å²) in [7, 11) is 3.13. The van der Waals surface area contributed by atoms with Gasteiger partial charge in [0.1, 0.15) is 5.78 Å². The number of hydrogen-bond donors (Lipinski definition) is 1. The number of Topliss-reactive ketones (excluding diaryl/α,β-unsaturated/α-hetero) is 1. The van der Waals surface area contributed by atoms with Crippen molar-refractivity contribution in [2.45, 2.75) is 19.0 Å². The van der Waals surface area contributed by atoms with Gasteiger partial charge in [-0.2, -0.15) is 0 Å². The maximum atomic E-state index is 11.0. The molecule has 2 rings (SSSR count). The average Bonchev–Trinajstić information content (AvgIpc) is 3.02. The van der Waals surface area contributed by atoms with Crippen LogP contribution in [0.2, 0.25) is 0 Å². The van der Waals surface area contributed by atoms with Crippen LogP contribution in [-0.2, 0) is 4.79 Å². The molecule has 0 fully saturated rings. The number of carbonyl (C=O) groups is 1. The maximum Gasteiger partial charge on any atom is 0.209 e. The van der Waals surface area contributed by atoms with Crippen molar-refractivity contribution in [1.29, 1.82) is 0 Å². The highest BCUT2D eigenvalue weighted by Crippen LogP contribution is 2.40. The minimum Gasteiger partial charge on any atom is -0.493 e. The van der Waals surface area contributed by atoms with E-state index in [9.17, 15) is 4.79 Å². The lowest BCUT2D eigenvalue weighted by Gasteiger charge is -2.14. The van der Waals surface area contributed by atoms with Crippen LogP contribution in [0.15, 0.2) is 17.3 Å². The first-order chi connectivity index (χ1) is 11.1. The van der Waals surface area contributed by atoms with Gasteiger partial charge in [0.15, 0.2) is 17.3 Å². The predicted molar refractivity (Wildman–Crippen MR) is 87.5 cm³/mol. The zero-order chi connectivity index (χ0) is 16.8. The van der Waals surface area contributed by atoms with Crippen molar-refractivity contribution in [1.82, 2.24) is 15.2 Å². The van der Waals surface area contributed by atoms with Gasteiger partial charge in [-0.25, -0.2) is 4.98 Å². The first kappa shape index (κ1) is 17.1. The van der Waals surface area contributed by atoms with Crippen LogP contribution in [0.1, 0.15) is 13.8 Å². The molecular weight excluding hydrogens is 318 g/mol. The van der Waals surface area contributed by atoms with Crippen molar-refractivity contribution in [3.63, 3.8) is 0 Å². The molecule has 1 heterocycles. The monoisotopic (exact) mass is 337 g/mol. The highest BCUT2D eigenvalue weighted by molar-refractivity contribution is 7.99. The highest BCUT2D eigenvalue weighted by Gasteiger charge is 2.16. The zero-order valence-corrected chi connectivity index (χ0v) is 14.3. The topological polar surface area (TPSA) is 86.3 Å². The zero-order valence-electron chi connectivity index (χ0n) is 13.5. The van der Waals surface area contributed by atoms with Gasteiger partial charge in [-0.1, -0.05) is 11.8 Å². The molecule has 0 saturated carbocycles. The number of nitrogens with zero attached hydrogens (tertiary/aromatic N) is 2. The molecule has 0 aliphatic heterocycles. The summed E-state index contributed by atoms with van der Waals surface area (Å²) in [5.41, 5.74) is 0.754. The molecule has 7 nitrogen and oxygen atoms in total. The van der Waals surface area contributed by atoms with Crippen LogP contribution in [-0.4, -0.2) is 47.5 Å². The van der Waals surface area contributed by atoms with Gasteiger partial charge in [-0.05, 0) is 26.0 Å². The van der Waals surface area contributed by atoms with Gasteiger partial charge in [0.2, 0.25) is 10.9 Å². The SMILES string of the molecule is CCOc1c(OC)cc(-c2nc(SCC(C)=O)n[nH]2)cc1OC. The number of aromatic nitrogens is 3. The summed E-state index contributed by atoms with van der Waals surface area (Å²) in [4.78, 5) is 15.4. The van der Waals surface area contributed by atoms with Crippen LogP contribution in [0.4, 0.5) is 0 Å². The molecule has 0 radical (unpaired) electrons. The number of hydrogen-bond acceptors (Lipinski definition) is 7. The van der Waals surface area contributed by atoms with Crippen LogP contribution in [0.3, 0.4) is 0 Å². The fraction of sp³-hybridized carbons (Fsp3) is 0.400. The summed E-state index contributed by atoms with van der Waals surface area (Å²) in [5.74, 6) is 2.63. The second-order valence-electron chi connectivity index (χ2n) is 4.60. The number of carbonyl (C=O) groups excluding carboxylic acids is 1. The Labute approximate surface area is 138 Å². The molecule has 0 saturated heterocycles. The van der Waals surface area contributed by atoms with E-state index in [1.807, 2.05) is 6.92 Å². The lowest BCUT2D eigenvalue weighted by molar-refractivity contribution is -0.114. The quantitative estimate of drug-likeness (QED) is 0.741. The third kappa shape index (κ3) is 4.16. The second-order valence-corrected chi connectivity index (χ2v) is 5.54. The molecule has 0 amide bonds. The van der Waals surface area contributed by atoms with E-state index in [2.05, 4.69) is 15.2 Å². The number of nitrogens with one attached hydrogen (secondary N) is 1. The summed E-state index contributed by atoms with van der Waals surface area (Å²) in [5, 5.41) is 7.47. The molecule has 1 N–H and O–H groups in total. The van der Waals surface area contributed by atoms with E-state index in [0.717, 1.165) is 5.56 Å². The van der Waals surface area contributed by atoms with Crippen molar-refractivity contribution in [3.8, 4) is 28.6 Å². The van der Waals surface area contributed by atoms with Gasteiger partial charge < -0.3 is 14.2 Å². The van der Waals surface area contributed by atoms with Gasteiger partial charge in [0.25, 0.3) is 0 Å². The summed E-state index contributed by atoms with van der Waals surface area (Å²) in [6, 6.07) is 3.60. The molecule has 124 valence electrons. The Hall–Kier alpha value is -2.22. The van der Waals surface area contributed by atoms with Crippen molar-refractivity contribution < 1.29 is 19.0 Å². The molecule has 0 bridgehead atoms. The Morgan fingerprint density at radius 3 is 2.43 bits per heavy atom. The third-order valence-corrected chi connectivity index (χ3v) is 3.88. The van der Waals surface area contributed by atoms with E-state index in [1.54, 1.807) is 26.4 Å². The molecule has 8 heteroatoms. The molecule has 1 aromatic heterocycles. The summed E-state index contributed by atoms with van der Waals surface area (Å²) < 4.78 is 16.3. The predicted octanol–water partition coefficient (Wildman–Crippen LogP) is 2.57. The Morgan fingerprint density at radius 2 is 1.91 bits per heavy atom. The lowest BCUT2D eigenvalue weighted by atomic mass is 10.1. The van der Waals surface area contributed by atoms with Crippen LogP contribution in [0, 0.1) is 0 Å². The molecule has 0 aliphatic carbocycles. The molecule has 0 spiro atoms. The second kappa shape index (κ2) is 7.87. The minimum absolute atomic E-state index is 0.0748. The number of benzene rings is 1. The lowest BCUT2D eigenvalue weighted by Crippen LogP contribution is -1.99. The number of ketones is 1. The maximum absolute atomic E-state index is 11.0.